The van der Waals surface area contributed by atoms with Gasteiger partial charge in [0.05, 0.1) is 24.0 Å². The lowest BCUT2D eigenvalue weighted by Crippen LogP contribution is -2.40. The lowest BCUT2D eigenvalue weighted by molar-refractivity contribution is -0.171. The number of halogens is 1. The fourth-order valence-electron chi connectivity index (χ4n) is 5.98. The third-order valence-corrected chi connectivity index (χ3v) is 8.73. The summed E-state index contributed by atoms with van der Waals surface area (Å²) in [5.41, 5.74) is 6.15. The molecule has 0 saturated carbocycles. The molecular weight excluding hydrogens is 567 g/mol. The number of pyridine rings is 1. The smallest absolute Gasteiger partial charge is 0.340 e. The van der Waals surface area contributed by atoms with Gasteiger partial charge in [-0.05, 0) is 102 Å². The number of aryl methyl sites for hydroxylation is 2. The summed E-state index contributed by atoms with van der Waals surface area (Å²) in [5.74, 6) is 0.114. The molecule has 1 atom stereocenters. The monoisotopic (exact) mass is 618 g/mol. The number of benzene rings is 2. The van der Waals surface area contributed by atoms with Gasteiger partial charge in [-0.15, -0.1) is 0 Å². The molecule has 244 valence electrons. The van der Waals surface area contributed by atoms with Gasteiger partial charge in [0, 0.05) is 42.0 Å². The summed E-state index contributed by atoms with van der Waals surface area (Å²) < 4.78 is 31.6. The molecule has 3 aromatic rings. The van der Waals surface area contributed by atoms with Crippen LogP contribution >= 0.6 is 0 Å². The van der Waals surface area contributed by atoms with Gasteiger partial charge in [0.1, 0.15) is 11.6 Å². The van der Waals surface area contributed by atoms with E-state index in [0.717, 1.165) is 77.4 Å². The molecule has 0 N–H and O–H groups in total. The Kier molecular flexibility index (Phi) is 11.0. The molecule has 1 aromatic heterocycles. The van der Waals surface area contributed by atoms with E-state index in [2.05, 4.69) is 30.9 Å². The topological polar surface area (TPSA) is 60.9 Å². The highest BCUT2D eigenvalue weighted by molar-refractivity contribution is 5.88. The average molecular weight is 619 g/mol. The minimum absolute atomic E-state index is 0.240. The molecule has 1 fully saturated rings. The van der Waals surface area contributed by atoms with E-state index < -0.39 is 17.7 Å². The molecular formula is C38H51FN2O4. The van der Waals surface area contributed by atoms with Crippen molar-refractivity contribution >= 4 is 11.7 Å². The number of hydrogen-bond donors (Lipinski definition) is 0. The predicted molar refractivity (Wildman–Crippen MR) is 179 cm³/mol. The Hall–Kier alpha value is -3.45. The number of nitrogens with zero attached hydrogens (tertiary/aromatic N) is 2. The predicted octanol–water partition coefficient (Wildman–Crippen LogP) is 8.95. The van der Waals surface area contributed by atoms with Gasteiger partial charge in [-0.2, -0.15) is 0 Å². The van der Waals surface area contributed by atoms with Crippen molar-refractivity contribution in [3.8, 4) is 16.9 Å². The van der Waals surface area contributed by atoms with Crippen molar-refractivity contribution in [1.82, 2.24) is 4.98 Å². The Balaban J connectivity index is 1.76. The van der Waals surface area contributed by atoms with Crippen LogP contribution in [0.2, 0.25) is 0 Å². The van der Waals surface area contributed by atoms with Gasteiger partial charge in [-0.1, -0.05) is 44.5 Å². The quantitative estimate of drug-likeness (QED) is 0.200. The van der Waals surface area contributed by atoms with Crippen molar-refractivity contribution in [3.63, 3.8) is 0 Å². The van der Waals surface area contributed by atoms with Crippen LogP contribution in [0.1, 0.15) is 96.3 Å². The minimum atomic E-state index is -0.928. The fraction of sp³-hybridized carbons (Fsp3) is 0.526. The van der Waals surface area contributed by atoms with Gasteiger partial charge in [-0.25, -0.2) is 9.18 Å². The third kappa shape index (κ3) is 8.84. The van der Waals surface area contributed by atoms with Crippen LogP contribution in [0.15, 0.2) is 48.5 Å². The second-order valence-corrected chi connectivity index (χ2v) is 13.9. The number of ether oxygens (including phenoxy) is 3. The van der Waals surface area contributed by atoms with E-state index in [1.807, 2.05) is 60.6 Å². The highest BCUT2D eigenvalue weighted by Gasteiger charge is 2.38. The Morgan fingerprint density at radius 2 is 1.62 bits per heavy atom. The second kappa shape index (κ2) is 14.3. The summed E-state index contributed by atoms with van der Waals surface area (Å²) in [6.07, 6.45) is 2.73. The lowest BCUT2D eigenvalue weighted by Gasteiger charge is -2.42. The molecule has 0 unspecified atom stereocenters. The van der Waals surface area contributed by atoms with Crippen molar-refractivity contribution in [1.29, 1.82) is 0 Å². The third-order valence-electron chi connectivity index (χ3n) is 8.73. The van der Waals surface area contributed by atoms with E-state index >= 15 is 0 Å². The van der Waals surface area contributed by atoms with Crippen molar-refractivity contribution in [2.45, 2.75) is 106 Å². The molecule has 4 rings (SSSR count). The molecule has 6 nitrogen and oxygen atoms in total. The molecule has 1 aliphatic rings. The summed E-state index contributed by atoms with van der Waals surface area (Å²) in [7, 11) is 0. The Morgan fingerprint density at radius 1 is 1.00 bits per heavy atom. The van der Waals surface area contributed by atoms with Crippen LogP contribution in [-0.4, -0.2) is 42.4 Å². The van der Waals surface area contributed by atoms with Gasteiger partial charge in [0.15, 0.2) is 6.10 Å². The van der Waals surface area contributed by atoms with E-state index in [1.165, 1.54) is 12.1 Å². The largest absolute Gasteiger partial charge is 0.493 e. The first kappa shape index (κ1) is 34.4. The molecule has 1 saturated heterocycles. The molecule has 2 heterocycles. The van der Waals surface area contributed by atoms with Crippen LogP contribution in [0, 0.1) is 25.1 Å². The highest BCUT2D eigenvalue weighted by atomic mass is 19.1. The summed E-state index contributed by atoms with van der Waals surface area (Å²) in [6, 6.07) is 14.6. The van der Waals surface area contributed by atoms with Crippen molar-refractivity contribution in [2.24, 2.45) is 5.41 Å². The number of hydrogen-bond acceptors (Lipinski definition) is 6. The molecule has 0 amide bonds. The van der Waals surface area contributed by atoms with E-state index in [9.17, 15) is 9.18 Å². The van der Waals surface area contributed by atoms with Crippen molar-refractivity contribution < 1.29 is 23.4 Å². The standard InChI is InChI=1S/C38H51FN2O4/c1-10-38(9)20-22-41(23-21-38)34-32(29-13-17-31(18-14-29)43-24-19-28-11-15-30(39)16-12-28)26(4)40-27(5)33(34)35(45-37(6,7)8)36(42)44-25(2)3/h11-18,25,35H,10,19-24H2,1-9H3/t35-/m0/s1. The minimum Gasteiger partial charge on any atom is -0.493 e. The van der Waals surface area contributed by atoms with Gasteiger partial charge in [-0.3, -0.25) is 4.98 Å². The number of anilines is 1. The summed E-state index contributed by atoms with van der Waals surface area (Å²) >= 11 is 0. The number of carbonyl (C=O) groups is 1. The summed E-state index contributed by atoms with van der Waals surface area (Å²) in [6.45, 7) is 20.5. The zero-order valence-corrected chi connectivity index (χ0v) is 28.6. The molecule has 0 aliphatic carbocycles. The highest BCUT2D eigenvalue weighted by Crippen LogP contribution is 2.46. The first-order valence-corrected chi connectivity index (χ1v) is 16.3. The van der Waals surface area contributed by atoms with Gasteiger partial charge in [0.2, 0.25) is 0 Å². The molecule has 2 aromatic carbocycles. The SMILES string of the molecule is CCC1(C)CCN(c2c(-c3ccc(OCCc4ccc(F)cc4)cc3)c(C)nc(C)c2[C@H](OC(C)(C)C)C(=O)OC(C)C)CC1. The number of aromatic nitrogens is 1. The normalized spacial score (nSPS) is 15.7. The van der Waals surface area contributed by atoms with E-state index in [0.29, 0.717) is 18.4 Å². The molecule has 0 bridgehead atoms. The zero-order chi connectivity index (χ0) is 32.9. The zero-order valence-electron chi connectivity index (χ0n) is 28.6. The second-order valence-electron chi connectivity index (χ2n) is 13.9. The van der Waals surface area contributed by atoms with Gasteiger partial charge >= 0.3 is 5.97 Å². The van der Waals surface area contributed by atoms with Crippen LogP contribution in [-0.2, 0) is 20.7 Å². The average Bonchev–Trinajstić information content (AvgIpc) is 2.97. The van der Waals surface area contributed by atoms with Crippen LogP contribution in [0.3, 0.4) is 0 Å². The van der Waals surface area contributed by atoms with Crippen LogP contribution in [0.5, 0.6) is 5.75 Å². The molecule has 7 heteroatoms. The first-order valence-electron chi connectivity index (χ1n) is 16.3. The molecule has 1 aliphatic heterocycles. The lowest BCUT2D eigenvalue weighted by atomic mass is 9.77. The van der Waals surface area contributed by atoms with Gasteiger partial charge in [0.25, 0.3) is 0 Å². The number of rotatable bonds is 11. The Bertz CT molecular complexity index is 1440. The summed E-state index contributed by atoms with van der Waals surface area (Å²) in [5, 5.41) is 0. The maximum atomic E-state index is 13.7. The van der Waals surface area contributed by atoms with E-state index in [1.54, 1.807) is 12.1 Å². The Morgan fingerprint density at radius 3 is 2.18 bits per heavy atom. The first-order chi connectivity index (χ1) is 21.2. The van der Waals surface area contributed by atoms with Crippen LogP contribution in [0.25, 0.3) is 11.1 Å². The van der Waals surface area contributed by atoms with E-state index in [4.69, 9.17) is 19.2 Å². The van der Waals surface area contributed by atoms with Crippen LogP contribution in [0.4, 0.5) is 10.1 Å². The summed E-state index contributed by atoms with van der Waals surface area (Å²) in [4.78, 5) is 21.2. The number of piperidine rings is 1. The van der Waals surface area contributed by atoms with Crippen molar-refractivity contribution in [2.75, 3.05) is 24.6 Å². The van der Waals surface area contributed by atoms with Gasteiger partial charge < -0.3 is 19.1 Å². The maximum absolute atomic E-state index is 13.7. The molecule has 0 spiro atoms. The maximum Gasteiger partial charge on any atom is 0.340 e. The number of carbonyl (C=O) groups excluding carboxylic acids is 1. The number of esters is 1. The fourth-order valence-corrected chi connectivity index (χ4v) is 5.98. The molecule has 45 heavy (non-hydrogen) atoms. The van der Waals surface area contributed by atoms with E-state index in [-0.39, 0.29) is 11.9 Å². The van der Waals surface area contributed by atoms with Crippen molar-refractivity contribution in [3.05, 3.63) is 76.9 Å². The molecule has 0 radical (unpaired) electrons. The Labute approximate surface area is 269 Å². The van der Waals surface area contributed by atoms with Crippen LogP contribution < -0.4 is 9.64 Å².